The van der Waals surface area contributed by atoms with Crippen LogP contribution in [0.1, 0.15) is 39.2 Å². The van der Waals surface area contributed by atoms with Gasteiger partial charge in [0.25, 0.3) is 0 Å². The predicted molar refractivity (Wildman–Crippen MR) is 117 cm³/mol. The molecule has 0 aromatic heterocycles. The van der Waals surface area contributed by atoms with Crippen molar-refractivity contribution in [1.29, 1.82) is 0 Å². The lowest BCUT2D eigenvalue weighted by Crippen LogP contribution is -2.52. The van der Waals surface area contributed by atoms with Gasteiger partial charge in [0.2, 0.25) is 17.7 Å². The Labute approximate surface area is 178 Å². The molecule has 30 heavy (non-hydrogen) atoms. The summed E-state index contributed by atoms with van der Waals surface area (Å²) in [6, 6.07) is 6.37. The number of carbonyl (C=O) groups is 3. The first-order valence-electron chi connectivity index (χ1n) is 11.2. The van der Waals surface area contributed by atoms with Gasteiger partial charge in [-0.1, -0.05) is 6.92 Å². The molecule has 2 saturated heterocycles. The summed E-state index contributed by atoms with van der Waals surface area (Å²) in [5.41, 5.74) is 2.89. The van der Waals surface area contributed by atoms with E-state index in [1.54, 1.807) is 4.90 Å². The molecule has 162 valence electrons. The van der Waals surface area contributed by atoms with Crippen LogP contribution in [-0.2, 0) is 20.8 Å². The summed E-state index contributed by atoms with van der Waals surface area (Å²) in [5.74, 6) is -0.0276. The van der Waals surface area contributed by atoms with Crippen LogP contribution < -0.4 is 9.80 Å². The molecule has 0 aliphatic carbocycles. The van der Waals surface area contributed by atoms with E-state index in [1.807, 2.05) is 34.9 Å². The minimum atomic E-state index is -0.269. The SMILES string of the molecule is CCC(=O)N1CCc2cc(N3CC(C(=O)N4CCN(C(C)C)CC4)CC3=O)ccc21. The van der Waals surface area contributed by atoms with Crippen molar-refractivity contribution in [2.75, 3.05) is 49.1 Å². The third-order valence-corrected chi connectivity index (χ3v) is 6.70. The van der Waals surface area contributed by atoms with Crippen LogP contribution in [0.3, 0.4) is 0 Å². The number of carbonyl (C=O) groups excluding carboxylic acids is 3. The van der Waals surface area contributed by atoms with Crippen molar-refractivity contribution < 1.29 is 14.4 Å². The topological polar surface area (TPSA) is 64.2 Å². The van der Waals surface area contributed by atoms with Crippen LogP contribution in [0.15, 0.2) is 18.2 Å². The van der Waals surface area contributed by atoms with E-state index in [9.17, 15) is 14.4 Å². The van der Waals surface area contributed by atoms with E-state index >= 15 is 0 Å². The largest absolute Gasteiger partial charge is 0.340 e. The monoisotopic (exact) mass is 412 g/mol. The number of benzene rings is 1. The maximum Gasteiger partial charge on any atom is 0.228 e. The molecule has 3 heterocycles. The van der Waals surface area contributed by atoms with Crippen molar-refractivity contribution in [3.63, 3.8) is 0 Å². The molecular weight excluding hydrogens is 380 g/mol. The molecule has 0 bridgehead atoms. The smallest absolute Gasteiger partial charge is 0.228 e. The van der Waals surface area contributed by atoms with Gasteiger partial charge in [-0.2, -0.15) is 0 Å². The maximum atomic E-state index is 13.0. The number of piperazine rings is 1. The lowest BCUT2D eigenvalue weighted by atomic mass is 10.1. The van der Waals surface area contributed by atoms with Gasteiger partial charge in [0.15, 0.2) is 0 Å². The number of rotatable bonds is 4. The van der Waals surface area contributed by atoms with E-state index in [0.717, 1.165) is 49.5 Å². The number of anilines is 2. The molecule has 0 saturated carbocycles. The zero-order chi connectivity index (χ0) is 21.4. The van der Waals surface area contributed by atoms with Crippen molar-refractivity contribution in [3.05, 3.63) is 23.8 Å². The number of nitrogens with zero attached hydrogens (tertiary/aromatic N) is 4. The quantitative estimate of drug-likeness (QED) is 0.758. The second-order valence-electron chi connectivity index (χ2n) is 8.82. The average Bonchev–Trinajstić information content (AvgIpc) is 3.35. The Morgan fingerprint density at radius 3 is 2.50 bits per heavy atom. The Morgan fingerprint density at radius 1 is 1.10 bits per heavy atom. The normalized spacial score (nSPS) is 22.2. The Morgan fingerprint density at radius 2 is 1.83 bits per heavy atom. The van der Waals surface area contributed by atoms with Crippen molar-refractivity contribution in [1.82, 2.24) is 9.80 Å². The van der Waals surface area contributed by atoms with E-state index in [4.69, 9.17) is 0 Å². The Balaban J connectivity index is 1.42. The van der Waals surface area contributed by atoms with Gasteiger partial charge < -0.3 is 14.7 Å². The summed E-state index contributed by atoms with van der Waals surface area (Å²) < 4.78 is 0. The minimum absolute atomic E-state index is 0.00797. The first-order valence-corrected chi connectivity index (χ1v) is 11.2. The Hall–Kier alpha value is -2.41. The highest BCUT2D eigenvalue weighted by molar-refractivity contribution is 6.01. The minimum Gasteiger partial charge on any atom is -0.340 e. The summed E-state index contributed by atoms with van der Waals surface area (Å²) in [6.45, 7) is 10.6. The maximum absolute atomic E-state index is 13.0. The molecule has 7 nitrogen and oxygen atoms in total. The van der Waals surface area contributed by atoms with Gasteiger partial charge in [0, 0.05) is 69.5 Å². The molecule has 2 fully saturated rings. The van der Waals surface area contributed by atoms with Crippen LogP contribution in [-0.4, -0.2) is 72.8 Å². The van der Waals surface area contributed by atoms with E-state index in [-0.39, 0.29) is 30.1 Å². The Kier molecular flexibility index (Phi) is 5.82. The summed E-state index contributed by atoms with van der Waals surface area (Å²) in [5, 5.41) is 0. The highest BCUT2D eigenvalue weighted by Gasteiger charge is 2.38. The molecule has 3 aliphatic heterocycles. The third kappa shape index (κ3) is 3.83. The second-order valence-corrected chi connectivity index (χ2v) is 8.82. The average molecular weight is 413 g/mol. The summed E-state index contributed by atoms with van der Waals surface area (Å²) in [4.78, 5) is 45.7. The second kappa shape index (κ2) is 8.38. The van der Waals surface area contributed by atoms with Crippen molar-refractivity contribution in [2.24, 2.45) is 5.92 Å². The van der Waals surface area contributed by atoms with E-state index in [2.05, 4.69) is 18.7 Å². The zero-order valence-corrected chi connectivity index (χ0v) is 18.3. The van der Waals surface area contributed by atoms with Gasteiger partial charge in [-0.3, -0.25) is 19.3 Å². The first-order chi connectivity index (χ1) is 14.4. The molecular formula is C23H32N4O3. The van der Waals surface area contributed by atoms with Gasteiger partial charge in [-0.15, -0.1) is 0 Å². The van der Waals surface area contributed by atoms with Gasteiger partial charge in [-0.05, 0) is 44.0 Å². The van der Waals surface area contributed by atoms with E-state index in [0.29, 0.717) is 25.6 Å². The van der Waals surface area contributed by atoms with Crippen LogP contribution >= 0.6 is 0 Å². The molecule has 7 heteroatoms. The van der Waals surface area contributed by atoms with Crippen LogP contribution in [0.5, 0.6) is 0 Å². The summed E-state index contributed by atoms with van der Waals surface area (Å²) in [6.07, 6.45) is 1.57. The van der Waals surface area contributed by atoms with Crippen molar-refractivity contribution in [3.8, 4) is 0 Å². The number of fused-ring (bicyclic) bond motifs is 1. The highest BCUT2D eigenvalue weighted by Crippen LogP contribution is 2.34. The molecule has 1 atom stereocenters. The van der Waals surface area contributed by atoms with Gasteiger partial charge in [0.1, 0.15) is 0 Å². The molecule has 0 spiro atoms. The first kappa shape index (κ1) is 20.8. The highest BCUT2D eigenvalue weighted by atomic mass is 16.2. The van der Waals surface area contributed by atoms with Gasteiger partial charge >= 0.3 is 0 Å². The Bertz CT molecular complexity index is 845. The van der Waals surface area contributed by atoms with Crippen LogP contribution in [0.2, 0.25) is 0 Å². The van der Waals surface area contributed by atoms with Crippen LogP contribution in [0.25, 0.3) is 0 Å². The fourth-order valence-corrected chi connectivity index (χ4v) is 4.85. The molecule has 4 rings (SSSR count). The summed E-state index contributed by atoms with van der Waals surface area (Å²) in [7, 11) is 0. The lowest BCUT2D eigenvalue weighted by molar-refractivity contribution is -0.137. The molecule has 0 radical (unpaired) electrons. The van der Waals surface area contributed by atoms with Gasteiger partial charge in [-0.25, -0.2) is 0 Å². The van der Waals surface area contributed by atoms with Crippen molar-refractivity contribution in [2.45, 2.75) is 46.1 Å². The molecule has 0 N–H and O–H groups in total. The number of hydrogen-bond donors (Lipinski definition) is 0. The zero-order valence-electron chi connectivity index (χ0n) is 18.3. The van der Waals surface area contributed by atoms with Gasteiger partial charge in [0.05, 0.1) is 5.92 Å². The van der Waals surface area contributed by atoms with Crippen LogP contribution in [0.4, 0.5) is 11.4 Å². The molecule has 1 aromatic carbocycles. The number of hydrogen-bond acceptors (Lipinski definition) is 4. The van der Waals surface area contributed by atoms with E-state index < -0.39 is 0 Å². The molecule has 1 unspecified atom stereocenters. The van der Waals surface area contributed by atoms with Crippen LogP contribution in [0, 0.1) is 5.92 Å². The lowest BCUT2D eigenvalue weighted by Gasteiger charge is -2.37. The molecule has 3 amide bonds. The van der Waals surface area contributed by atoms with E-state index in [1.165, 1.54) is 0 Å². The molecule has 3 aliphatic rings. The standard InChI is InChI=1S/C23H32N4O3/c1-4-21(28)26-8-7-17-13-19(5-6-20(17)26)27-15-18(14-22(27)29)23(30)25-11-9-24(10-12-25)16(2)3/h5-6,13,16,18H,4,7-12,14-15H2,1-3H3. The fourth-order valence-electron chi connectivity index (χ4n) is 4.85. The third-order valence-electron chi connectivity index (χ3n) is 6.70. The summed E-state index contributed by atoms with van der Waals surface area (Å²) >= 11 is 0. The number of amides is 3. The fraction of sp³-hybridized carbons (Fsp3) is 0.609. The van der Waals surface area contributed by atoms with Crippen molar-refractivity contribution >= 4 is 29.1 Å². The predicted octanol–water partition coefficient (Wildman–Crippen LogP) is 1.89. The molecule has 1 aromatic rings.